The van der Waals surface area contributed by atoms with Crippen molar-refractivity contribution in [1.29, 1.82) is 0 Å². The van der Waals surface area contributed by atoms with E-state index >= 15 is 0 Å². The standard InChI is InChI=1S/C23H27N5O3/c1-4-15-7-5-6-8-17(15)24-21(30)16-10-18(29)25-20-19(16)22(31)27-23(26-20)28-11-13(2)9-14(3)12-28/h5-8,13-14H,4,9-12H2,1-3H3,(H,24,30)(H,25,26,27,29,31). The molecule has 0 spiro atoms. The second-order valence-electron chi connectivity index (χ2n) is 8.56. The number of anilines is 2. The van der Waals surface area contributed by atoms with Crippen molar-refractivity contribution in [3.8, 4) is 0 Å². The fourth-order valence-corrected chi connectivity index (χ4v) is 4.53. The van der Waals surface area contributed by atoms with E-state index < -0.39 is 17.4 Å². The van der Waals surface area contributed by atoms with E-state index in [0.717, 1.165) is 31.5 Å². The average molecular weight is 422 g/mol. The summed E-state index contributed by atoms with van der Waals surface area (Å²) in [5.41, 5.74) is 1.31. The number of nitrogens with zero attached hydrogens (tertiary/aromatic N) is 3. The predicted octanol–water partition coefficient (Wildman–Crippen LogP) is 1.15. The molecule has 3 heterocycles. The summed E-state index contributed by atoms with van der Waals surface area (Å²) in [5, 5.41) is 2.93. The molecule has 2 aliphatic heterocycles. The van der Waals surface area contributed by atoms with Gasteiger partial charge in [0.1, 0.15) is 0 Å². The lowest BCUT2D eigenvalue weighted by Crippen LogP contribution is -2.51. The molecule has 1 saturated heterocycles. The quantitative estimate of drug-likeness (QED) is 0.770. The molecule has 4 rings (SSSR count). The largest absolute Gasteiger partial charge is 0.342 e. The molecule has 1 aromatic carbocycles. The Morgan fingerprint density at radius 1 is 1.19 bits per heavy atom. The Bertz CT molecular complexity index is 1210. The van der Waals surface area contributed by atoms with Crippen LogP contribution in [0.3, 0.4) is 0 Å². The minimum absolute atomic E-state index is 0.0230. The number of para-hydroxylation sites is 1. The average Bonchev–Trinajstić information content (AvgIpc) is 2.72. The van der Waals surface area contributed by atoms with E-state index in [1.807, 2.05) is 30.0 Å². The molecule has 0 aliphatic carbocycles. The smallest absolute Gasteiger partial charge is 0.262 e. The van der Waals surface area contributed by atoms with Gasteiger partial charge in [-0.05, 0) is 36.3 Å². The first-order valence-corrected chi connectivity index (χ1v) is 10.7. The third kappa shape index (κ3) is 4.28. The van der Waals surface area contributed by atoms with Gasteiger partial charge in [-0.1, -0.05) is 39.0 Å². The summed E-state index contributed by atoms with van der Waals surface area (Å²) in [5.74, 6) is 0.374. The summed E-state index contributed by atoms with van der Waals surface area (Å²) in [6.45, 7) is 7.86. The Labute approximate surface area is 180 Å². The van der Waals surface area contributed by atoms with Crippen molar-refractivity contribution in [2.75, 3.05) is 23.3 Å². The molecule has 1 aromatic heterocycles. The van der Waals surface area contributed by atoms with Crippen LogP contribution in [0.5, 0.6) is 0 Å². The number of hydrogen-bond donors (Lipinski definition) is 2. The molecule has 2 aliphatic rings. The first kappa shape index (κ1) is 21.0. The van der Waals surface area contributed by atoms with E-state index in [9.17, 15) is 14.4 Å². The zero-order chi connectivity index (χ0) is 22.1. The highest BCUT2D eigenvalue weighted by molar-refractivity contribution is 6.23. The number of nitrogens with one attached hydrogen (secondary N) is 2. The first-order valence-electron chi connectivity index (χ1n) is 10.7. The molecule has 0 saturated carbocycles. The Balaban J connectivity index is 1.77. The van der Waals surface area contributed by atoms with Gasteiger partial charge in [0, 0.05) is 24.4 Å². The summed E-state index contributed by atoms with van der Waals surface area (Å²) >= 11 is 0. The zero-order valence-electron chi connectivity index (χ0n) is 18.1. The van der Waals surface area contributed by atoms with Gasteiger partial charge in [-0.25, -0.2) is 0 Å². The summed E-state index contributed by atoms with van der Waals surface area (Å²) < 4.78 is 0. The lowest BCUT2D eigenvalue weighted by Gasteiger charge is -2.35. The fraction of sp³-hybridized carbons (Fsp3) is 0.435. The summed E-state index contributed by atoms with van der Waals surface area (Å²) in [4.78, 5) is 51.6. The minimum Gasteiger partial charge on any atom is -0.342 e. The number of piperidine rings is 1. The van der Waals surface area contributed by atoms with Crippen molar-refractivity contribution >= 4 is 29.0 Å². The first-order chi connectivity index (χ1) is 14.9. The molecule has 0 radical (unpaired) electrons. The lowest BCUT2D eigenvalue weighted by molar-refractivity contribution is -0.118. The highest BCUT2D eigenvalue weighted by Gasteiger charge is 2.26. The van der Waals surface area contributed by atoms with Crippen LogP contribution in [-0.2, 0) is 16.0 Å². The van der Waals surface area contributed by atoms with Crippen LogP contribution in [0.2, 0.25) is 0 Å². The van der Waals surface area contributed by atoms with E-state index in [4.69, 9.17) is 0 Å². The second kappa shape index (κ2) is 8.45. The van der Waals surface area contributed by atoms with Gasteiger partial charge in [0.05, 0.1) is 11.6 Å². The maximum Gasteiger partial charge on any atom is 0.262 e. The number of fused-ring (bicyclic) bond motifs is 1. The molecule has 2 aromatic rings. The Morgan fingerprint density at radius 2 is 1.90 bits per heavy atom. The summed E-state index contributed by atoms with van der Waals surface area (Å²) in [6, 6.07) is 7.46. The summed E-state index contributed by atoms with van der Waals surface area (Å²) in [7, 11) is 0. The van der Waals surface area contributed by atoms with Gasteiger partial charge in [0.2, 0.25) is 5.95 Å². The molecule has 8 heteroatoms. The monoisotopic (exact) mass is 421 g/mol. The van der Waals surface area contributed by atoms with E-state index in [1.165, 1.54) is 0 Å². The molecule has 2 unspecified atom stereocenters. The van der Waals surface area contributed by atoms with Gasteiger partial charge in [-0.3, -0.25) is 19.4 Å². The van der Waals surface area contributed by atoms with Crippen LogP contribution in [0, 0.1) is 11.8 Å². The van der Waals surface area contributed by atoms with E-state index in [2.05, 4.69) is 34.1 Å². The summed E-state index contributed by atoms with van der Waals surface area (Å²) in [6.07, 6.45) is 1.63. The van der Waals surface area contributed by atoms with Crippen LogP contribution in [0.25, 0.3) is 5.57 Å². The number of rotatable bonds is 4. The maximum atomic E-state index is 13.0. The molecule has 2 atom stereocenters. The van der Waals surface area contributed by atoms with Crippen molar-refractivity contribution in [3.63, 3.8) is 0 Å². The van der Waals surface area contributed by atoms with Crippen LogP contribution < -0.4 is 26.5 Å². The molecule has 31 heavy (non-hydrogen) atoms. The number of amides is 2. The molecule has 2 amide bonds. The van der Waals surface area contributed by atoms with Gasteiger partial charge < -0.3 is 10.2 Å². The van der Waals surface area contributed by atoms with Crippen LogP contribution in [0.1, 0.15) is 39.2 Å². The van der Waals surface area contributed by atoms with Gasteiger partial charge in [0.15, 0.2) is 5.49 Å². The third-order valence-electron chi connectivity index (χ3n) is 5.84. The number of carbonyl (C=O) groups is 2. The van der Waals surface area contributed by atoms with E-state index in [0.29, 0.717) is 23.5 Å². The van der Waals surface area contributed by atoms with Crippen LogP contribution in [-0.4, -0.2) is 34.9 Å². The molecule has 1 fully saturated rings. The molecule has 8 nitrogen and oxygen atoms in total. The van der Waals surface area contributed by atoms with Gasteiger partial charge in [-0.15, -0.1) is 0 Å². The third-order valence-corrected chi connectivity index (χ3v) is 5.84. The van der Waals surface area contributed by atoms with Crippen molar-refractivity contribution in [1.82, 2.24) is 9.97 Å². The topological polar surface area (TPSA) is 108 Å². The van der Waals surface area contributed by atoms with Crippen molar-refractivity contribution < 1.29 is 9.59 Å². The molecule has 162 valence electrons. The highest BCUT2D eigenvalue weighted by atomic mass is 16.2. The number of carbonyl (C=O) groups excluding carboxylic acids is 2. The number of aromatic nitrogens is 2. The predicted molar refractivity (Wildman–Crippen MR) is 118 cm³/mol. The SMILES string of the molecule is CCc1ccccc1NC(=O)C1=c2c(nc(N3CC(C)CC(C)C3)[nH]c2=O)=NC(=O)C1. The van der Waals surface area contributed by atoms with E-state index in [-0.39, 0.29) is 22.7 Å². The Hall–Kier alpha value is -3.29. The lowest BCUT2D eigenvalue weighted by atomic mass is 9.92. The van der Waals surface area contributed by atoms with Gasteiger partial charge in [0.25, 0.3) is 17.4 Å². The Morgan fingerprint density at radius 3 is 2.61 bits per heavy atom. The number of aromatic amines is 1. The highest BCUT2D eigenvalue weighted by Crippen LogP contribution is 2.23. The van der Waals surface area contributed by atoms with Crippen LogP contribution in [0.15, 0.2) is 34.1 Å². The Kier molecular flexibility index (Phi) is 5.71. The molecule has 2 N–H and O–H groups in total. The van der Waals surface area contributed by atoms with Gasteiger partial charge >= 0.3 is 0 Å². The number of aryl methyl sites for hydroxylation is 1. The number of benzene rings is 1. The number of H-pyrrole nitrogens is 1. The normalized spacial score (nSPS) is 20.8. The van der Waals surface area contributed by atoms with Crippen molar-refractivity contribution in [3.05, 3.63) is 50.9 Å². The molecular weight excluding hydrogens is 394 g/mol. The molecule has 0 bridgehead atoms. The van der Waals surface area contributed by atoms with Crippen LogP contribution >= 0.6 is 0 Å². The van der Waals surface area contributed by atoms with Crippen molar-refractivity contribution in [2.45, 2.75) is 40.0 Å². The zero-order valence-corrected chi connectivity index (χ0v) is 18.1. The maximum absolute atomic E-state index is 13.0. The number of hydrogen-bond acceptors (Lipinski definition) is 5. The second-order valence-corrected chi connectivity index (χ2v) is 8.56. The van der Waals surface area contributed by atoms with Crippen molar-refractivity contribution in [2.24, 2.45) is 16.8 Å². The van der Waals surface area contributed by atoms with Gasteiger partial charge in [-0.2, -0.15) is 9.98 Å². The van der Waals surface area contributed by atoms with E-state index in [1.54, 1.807) is 6.07 Å². The fourth-order valence-electron chi connectivity index (χ4n) is 4.53. The molecular formula is C23H27N5O3. The minimum atomic E-state index is -0.481. The van der Waals surface area contributed by atoms with Crippen LogP contribution in [0.4, 0.5) is 11.6 Å².